The predicted molar refractivity (Wildman–Crippen MR) is 57.0 cm³/mol. The summed E-state index contributed by atoms with van der Waals surface area (Å²) in [5.74, 6) is 0. The number of aryl methyl sites for hydroxylation is 1. The van der Waals surface area contributed by atoms with Gasteiger partial charge in [0.25, 0.3) is 0 Å². The Kier molecular flexibility index (Phi) is 1.96. The first-order valence-electron chi connectivity index (χ1n) is 3.63. The Morgan fingerprint density at radius 2 is 2.00 bits per heavy atom. The van der Waals surface area contributed by atoms with Crippen molar-refractivity contribution in [3.8, 4) is 0 Å². The van der Waals surface area contributed by atoms with Crippen LogP contribution in [0.4, 0.5) is 0 Å². The van der Waals surface area contributed by atoms with Gasteiger partial charge in [-0.15, -0.1) is 0 Å². The number of aromatic nitrogens is 2. The smallest absolute Gasteiger partial charge is 0.102 e. The molecule has 0 bridgehead atoms. The van der Waals surface area contributed by atoms with E-state index in [9.17, 15) is 0 Å². The Balaban J connectivity index is 2.80. The molecular weight excluding hydrogens is 263 g/mol. The molecule has 0 unspecified atom stereocenters. The lowest BCUT2D eigenvalue weighted by Gasteiger charge is -1.97. The molecule has 0 aromatic carbocycles. The summed E-state index contributed by atoms with van der Waals surface area (Å²) in [6.07, 6.45) is 3.66. The van der Waals surface area contributed by atoms with E-state index in [4.69, 9.17) is 0 Å². The number of halogens is 1. The van der Waals surface area contributed by atoms with Crippen LogP contribution < -0.4 is 0 Å². The third-order valence-corrected chi connectivity index (χ3v) is 2.26. The molecule has 2 nitrogen and oxygen atoms in total. The van der Waals surface area contributed by atoms with Crippen molar-refractivity contribution in [2.24, 2.45) is 0 Å². The summed E-state index contributed by atoms with van der Waals surface area (Å²) in [5, 5.41) is 1.16. The van der Waals surface area contributed by atoms with Gasteiger partial charge in [-0.25, -0.2) is 4.98 Å². The van der Waals surface area contributed by atoms with E-state index in [1.165, 1.54) is 5.56 Å². The van der Waals surface area contributed by atoms with Crippen LogP contribution in [-0.2, 0) is 0 Å². The number of pyridine rings is 2. The van der Waals surface area contributed by atoms with Crippen molar-refractivity contribution >= 4 is 33.5 Å². The van der Waals surface area contributed by atoms with E-state index >= 15 is 0 Å². The molecule has 0 N–H and O–H groups in total. The van der Waals surface area contributed by atoms with Crippen LogP contribution in [0.25, 0.3) is 10.9 Å². The number of hydrogen-bond acceptors (Lipinski definition) is 2. The molecule has 0 aliphatic carbocycles. The van der Waals surface area contributed by atoms with Crippen molar-refractivity contribution in [3.63, 3.8) is 0 Å². The van der Waals surface area contributed by atoms with Gasteiger partial charge < -0.3 is 0 Å². The minimum atomic E-state index is 0.959. The standard InChI is InChI=1S/C9H7IN2/c1-6-2-7-3-9(10)12-5-8(7)11-4-6/h2-5H,1H3. The predicted octanol–water partition coefficient (Wildman–Crippen LogP) is 2.54. The van der Waals surface area contributed by atoms with E-state index in [1.54, 1.807) is 6.20 Å². The van der Waals surface area contributed by atoms with Gasteiger partial charge in [-0.3, -0.25) is 4.98 Å². The van der Waals surface area contributed by atoms with Crippen LogP contribution in [-0.4, -0.2) is 9.97 Å². The highest BCUT2D eigenvalue weighted by Crippen LogP contribution is 2.13. The van der Waals surface area contributed by atoms with Crippen LogP contribution in [0.2, 0.25) is 0 Å². The first kappa shape index (κ1) is 7.91. The lowest BCUT2D eigenvalue weighted by molar-refractivity contribution is 1.25. The molecule has 60 valence electrons. The maximum atomic E-state index is 4.26. The zero-order valence-corrected chi connectivity index (χ0v) is 8.74. The fraction of sp³-hybridized carbons (Fsp3) is 0.111. The van der Waals surface area contributed by atoms with E-state index in [0.29, 0.717) is 0 Å². The minimum Gasteiger partial charge on any atom is -0.254 e. The lowest BCUT2D eigenvalue weighted by atomic mass is 10.2. The molecule has 0 spiro atoms. The number of fused-ring (bicyclic) bond motifs is 1. The maximum Gasteiger partial charge on any atom is 0.102 e. The summed E-state index contributed by atoms with van der Waals surface area (Å²) >= 11 is 2.20. The largest absolute Gasteiger partial charge is 0.254 e. The van der Waals surface area contributed by atoms with Crippen LogP contribution in [0.5, 0.6) is 0 Å². The average Bonchev–Trinajstić information content (AvgIpc) is 2.03. The van der Waals surface area contributed by atoms with Crippen molar-refractivity contribution in [1.29, 1.82) is 0 Å². The second-order valence-electron chi connectivity index (χ2n) is 2.71. The summed E-state index contributed by atoms with van der Waals surface area (Å²) in [4.78, 5) is 8.42. The summed E-state index contributed by atoms with van der Waals surface area (Å²) in [7, 11) is 0. The first-order chi connectivity index (χ1) is 5.75. The highest BCUT2D eigenvalue weighted by molar-refractivity contribution is 14.1. The average molecular weight is 270 g/mol. The molecule has 0 amide bonds. The second-order valence-corrected chi connectivity index (χ2v) is 3.82. The monoisotopic (exact) mass is 270 g/mol. The molecule has 2 aromatic heterocycles. The van der Waals surface area contributed by atoms with Crippen molar-refractivity contribution < 1.29 is 0 Å². The van der Waals surface area contributed by atoms with Crippen LogP contribution in [0.1, 0.15) is 5.56 Å². The van der Waals surface area contributed by atoms with Gasteiger partial charge in [-0.1, -0.05) is 0 Å². The van der Waals surface area contributed by atoms with Crippen LogP contribution >= 0.6 is 22.6 Å². The highest BCUT2D eigenvalue weighted by atomic mass is 127. The molecule has 0 aliphatic rings. The molecule has 2 aromatic rings. The zero-order valence-electron chi connectivity index (χ0n) is 6.58. The third kappa shape index (κ3) is 1.41. The van der Waals surface area contributed by atoms with Crippen molar-refractivity contribution in [2.45, 2.75) is 6.92 Å². The van der Waals surface area contributed by atoms with E-state index in [0.717, 1.165) is 14.6 Å². The molecule has 0 saturated carbocycles. The van der Waals surface area contributed by atoms with Crippen LogP contribution in [0.15, 0.2) is 24.5 Å². The van der Waals surface area contributed by atoms with Gasteiger partial charge in [0, 0.05) is 11.6 Å². The Hall–Kier alpha value is -0.710. The zero-order chi connectivity index (χ0) is 8.55. The van der Waals surface area contributed by atoms with Crippen molar-refractivity contribution in [1.82, 2.24) is 9.97 Å². The molecular formula is C9H7IN2. The van der Waals surface area contributed by atoms with Crippen molar-refractivity contribution in [2.75, 3.05) is 0 Å². The first-order valence-corrected chi connectivity index (χ1v) is 4.71. The third-order valence-electron chi connectivity index (χ3n) is 1.67. The van der Waals surface area contributed by atoms with Gasteiger partial charge >= 0.3 is 0 Å². The molecule has 0 fully saturated rings. The van der Waals surface area contributed by atoms with Crippen LogP contribution in [0, 0.1) is 10.6 Å². The van der Waals surface area contributed by atoms with Crippen LogP contribution in [0.3, 0.4) is 0 Å². The normalized spacial score (nSPS) is 10.5. The Bertz CT molecular complexity index is 389. The van der Waals surface area contributed by atoms with Gasteiger partial charge in [0.15, 0.2) is 0 Å². The number of hydrogen-bond donors (Lipinski definition) is 0. The Morgan fingerprint density at radius 3 is 2.83 bits per heavy atom. The summed E-state index contributed by atoms with van der Waals surface area (Å²) in [6.45, 7) is 2.04. The molecule has 12 heavy (non-hydrogen) atoms. The van der Waals surface area contributed by atoms with E-state index in [2.05, 4.69) is 38.6 Å². The Labute approximate surface area is 84.2 Å². The summed E-state index contributed by atoms with van der Waals surface area (Å²) in [6, 6.07) is 4.15. The second kappa shape index (κ2) is 2.97. The molecule has 0 atom stereocenters. The Morgan fingerprint density at radius 1 is 1.17 bits per heavy atom. The maximum absolute atomic E-state index is 4.26. The highest BCUT2D eigenvalue weighted by Gasteiger charge is 1.95. The number of rotatable bonds is 0. The van der Waals surface area contributed by atoms with E-state index in [1.807, 2.05) is 19.2 Å². The molecule has 3 heteroatoms. The van der Waals surface area contributed by atoms with Crippen molar-refractivity contribution in [3.05, 3.63) is 33.8 Å². The lowest BCUT2D eigenvalue weighted by Crippen LogP contribution is -1.84. The van der Waals surface area contributed by atoms with Gasteiger partial charge in [-0.05, 0) is 47.2 Å². The molecule has 0 radical (unpaired) electrons. The fourth-order valence-electron chi connectivity index (χ4n) is 1.11. The summed E-state index contributed by atoms with van der Waals surface area (Å²) < 4.78 is 1.01. The number of nitrogens with zero attached hydrogens (tertiary/aromatic N) is 2. The topological polar surface area (TPSA) is 25.8 Å². The fourth-order valence-corrected chi connectivity index (χ4v) is 1.59. The van der Waals surface area contributed by atoms with E-state index < -0.39 is 0 Å². The van der Waals surface area contributed by atoms with Gasteiger partial charge in [0.1, 0.15) is 3.70 Å². The SMILES string of the molecule is Cc1cnc2cnc(I)cc2c1. The minimum absolute atomic E-state index is 0.959. The summed E-state index contributed by atoms with van der Waals surface area (Å²) in [5.41, 5.74) is 2.14. The van der Waals surface area contributed by atoms with E-state index in [-0.39, 0.29) is 0 Å². The molecule has 2 rings (SSSR count). The van der Waals surface area contributed by atoms with Gasteiger partial charge in [0.05, 0.1) is 11.7 Å². The molecule has 0 saturated heterocycles. The molecule has 2 heterocycles. The van der Waals surface area contributed by atoms with Gasteiger partial charge in [-0.2, -0.15) is 0 Å². The quantitative estimate of drug-likeness (QED) is 0.543. The molecule has 0 aliphatic heterocycles. The van der Waals surface area contributed by atoms with Gasteiger partial charge in [0.2, 0.25) is 0 Å².